The molecule has 3 N–H and O–H groups in total. The molecule has 0 saturated heterocycles. The van der Waals surface area contributed by atoms with E-state index in [1.807, 2.05) is 18.2 Å². The number of rotatable bonds is 5. The molecule has 0 bridgehead atoms. The summed E-state index contributed by atoms with van der Waals surface area (Å²) in [7, 11) is 0. The molecule has 0 unspecified atom stereocenters. The third-order valence-corrected chi connectivity index (χ3v) is 4.03. The summed E-state index contributed by atoms with van der Waals surface area (Å²) in [5.41, 5.74) is 3.61. The molecule has 2 heterocycles. The van der Waals surface area contributed by atoms with Crippen LogP contribution in [0.5, 0.6) is 0 Å². The lowest BCUT2D eigenvalue weighted by Gasteiger charge is -2.03. The van der Waals surface area contributed by atoms with Crippen molar-refractivity contribution in [2.45, 2.75) is 0 Å². The predicted molar refractivity (Wildman–Crippen MR) is 103 cm³/mol. The van der Waals surface area contributed by atoms with Gasteiger partial charge in [0.1, 0.15) is 11.6 Å². The lowest BCUT2D eigenvalue weighted by Crippen LogP contribution is -2.12. The van der Waals surface area contributed by atoms with E-state index in [4.69, 9.17) is 0 Å². The number of amides is 2. The Morgan fingerprint density at radius 1 is 1.04 bits per heavy atom. The number of nitrogens with zero attached hydrogens (tertiary/aromatic N) is 2. The summed E-state index contributed by atoms with van der Waals surface area (Å²) < 4.78 is 0. The van der Waals surface area contributed by atoms with Crippen molar-refractivity contribution in [2.24, 2.45) is 0 Å². The molecule has 0 saturated carbocycles. The highest BCUT2D eigenvalue weighted by molar-refractivity contribution is 6.05. The van der Waals surface area contributed by atoms with Crippen LogP contribution in [0.1, 0.15) is 10.4 Å². The van der Waals surface area contributed by atoms with Gasteiger partial charge in [0.2, 0.25) is 6.41 Å². The van der Waals surface area contributed by atoms with E-state index in [9.17, 15) is 9.59 Å². The summed E-state index contributed by atoms with van der Waals surface area (Å²) in [5, 5.41) is 5.35. The van der Waals surface area contributed by atoms with Gasteiger partial charge in [0.15, 0.2) is 0 Å². The number of H-pyrrole nitrogens is 1. The molecule has 0 aliphatic heterocycles. The number of aromatic amines is 1. The Morgan fingerprint density at radius 2 is 1.89 bits per heavy atom. The fourth-order valence-corrected chi connectivity index (χ4v) is 2.71. The van der Waals surface area contributed by atoms with Crippen molar-refractivity contribution >= 4 is 34.9 Å². The number of nitrogens with one attached hydrogen (secondary N) is 3. The van der Waals surface area contributed by atoms with Crippen LogP contribution < -0.4 is 10.6 Å². The van der Waals surface area contributed by atoms with Gasteiger partial charge in [0.25, 0.3) is 5.91 Å². The standard InChI is InChI=1S/C20H15N5O2/c26-12-22-15-7-4-13(5-8-15)19-23-16-9-6-14(11-17(16)24-19)20(27)25-18-3-1-2-10-21-18/h1-12H,(H,22,26)(H,23,24)(H,21,25,27). The van der Waals surface area contributed by atoms with Crippen molar-refractivity contribution in [3.63, 3.8) is 0 Å². The average Bonchev–Trinajstić information content (AvgIpc) is 3.13. The second-order valence-corrected chi connectivity index (χ2v) is 5.83. The van der Waals surface area contributed by atoms with E-state index in [0.717, 1.165) is 16.6 Å². The van der Waals surface area contributed by atoms with Gasteiger partial charge in [-0.05, 0) is 54.6 Å². The molecule has 7 nitrogen and oxygen atoms in total. The molecule has 0 spiro atoms. The number of fused-ring (bicyclic) bond motifs is 1. The summed E-state index contributed by atoms with van der Waals surface area (Å²) in [6, 6.07) is 17.9. The van der Waals surface area contributed by atoms with Crippen molar-refractivity contribution in [3.05, 3.63) is 72.4 Å². The Hall–Kier alpha value is -4.00. The fraction of sp³-hybridized carbons (Fsp3) is 0. The van der Waals surface area contributed by atoms with Gasteiger partial charge in [-0.2, -0.15) is 0 Å². The molecule has 132 valence electrons. The quantitative estimate of drug-likeness (QED) is 0.476. The van der Waals surface area contributed by atoms with Crippen LogP contribution in [0.3, 0.4) is 0 Å². The van der Waals surface area contributed by atoms with Crippen LogP contribution in [0.25, 0.3) is 22.4 Å². The summed E-state index contributed by atoms with van der Waals surface area (Å²) in [4.78, 5) is 34.8. The van der Waals surface area contributed by atoms with Gasteiger partial charge in [-0.15, -0.1) is 0 Å². The summed E-state index contributed by atoms with van der Waals surface area (Å²) in [5.74, 6) is 0.942. The maximum atomic E-state index is 12.4. The Bertz CT molecular complexity index is 1100. The van der Waals surface area contributed by atoms with Crippen LogP contribution in [0.15, 0.2) is 66.9 Å². The maximum absolute atomic E-state index is 12.4. The first-order valence-electron chi connectivity index (χ1n) is 8.26. The smallest absolute Gasteiger partial charge is 0.256 e. The molecule has 4 rings (SSSR count). The number of hydrogen-bond donors (Lipinski definition) is 3. The first-order valence-corrected chi connectivity index (χ1v) is 8.26. The minimum atomic E-state index is -0.240. The Morgan fingerprint density at radius 3 is 2.63 bits per heavy atom. The van der Waals surface area contributed by atoms with Gasteiger partial charge in [0, 0.05) is 23.0 Å². The molecule has 4 aromatic rings. The largest absolute Gasteiger partial charge is 0.338 e. The molecular formula is C20H15N5O2. The molecule has 0 fully saturated rings. The zero-order chi connectivity index (χ0) is 18.6. The van der Waals surface area contributed by atoms with Crippen LogP contribution in [0.2, 0.25) is 0 Å². The van der Waals surface area contributed by atoms with Crippen LogP contribution in [0.4, 0.5) is 11.5 Å². The third-order valence-electron chi connectivity index (χ3n) is 4.03. The van der Waals surface area contributed by atoms with Gasteiger partial charge < -0.3 is 15.6 Å². The molecule has 2 aromatic heterocycles. The molecule has 0 aliphatic carbocycles. The van der Waals surface area contributed by atoms with E-state index in [1.54, 1.807) is 48.7 Å². The van der Waals surface area contributed by atoms with Crippen molar-refractivity contribution in [1.29, 1.82) is 0 Å². The van der Waals surface area contributed by atoms with Crippen molar-refractivity contribution in [1.82, 2.24) is 15.0 Å². The van der Waals surface area contributed by atoms with E-state index < -0.39 is 0 Å². The number of benzene rings is 2. The first-order chi connectivity index (χ1) is 13.2. The van der Waals surface area contributed by atoms with E-state index in [0.29, 0.717) is 29.3 Å². The molecule has 0 atom stereocenters. The van der Waals surface area contributed by atoms with Gasteiger partial charge in [-0.25, -0.2) is 9.97 Å². The summed E-state index contributed by atoms with van der Waals surface area (Å²) >= 11 is 0. The Kier molecular flexibility index (Phi) is 4.32. The van der Waals surface area contributed by atoms with Crippen LogP contribution in [-0.4, -0.2) is 27.3 Å². The lowest BCUT2D eigenvalue weighted by molar-refractivity contribution is -0.105. The third kappa shape index (κ3) is 3.52. The predicted octanol–water partition coefficient (Wildman–Crippen LogP) is 3.45. The second-order valence-electron chi connectivity index (χ2n) is 5.83. The Balaban J connectivity index is 1.59. The monoisotopic (exact) mass is 357 g/mol. The molecule has 7 heteroatoms. The second kappa shape index (κ2) is 7.09. The minimum absolute atomic E-state index is 0.240. The fourth-order valence-electron chi connectivity index (χ4n) is 2.71. The number of aromatic nitrogens is 3. The summed E-state index contributed by atoms with van der Waals surface area (Å²) in [6.45, 7) is 0. The van der Waals surface area contributed by atoms with Crippen molar-refractivity contribution in [3.8, 4) is 11.4 Å². The van der Waals surface area contributed by atoms with Crippen molar-refractivity contribution < 1.29 is 9.59 Å². The Labute approximate surface area is 154 Å². The number of imidazole rings is 1. The van der Waals surface area contributed by atoms with Crippen LogP contribution >= 0.6 is 0 Å². The molecule has 2 amide bonds. The summed E-state index contributed by atoms with van der Waals surface area (Å²) in [6.07, 6.45) is 2.25. The van der Waals surface area contributed by atoms with Gasteiger partial charge >= 0.3 is 0 Å². The topological polar surface area (TPSA) is 99.8 Å². The minimum Gasteiger partial charge on any atom is -0.338 e. The SMILES string of the molecule is O=CNc1ccc(-c2nc3ccc(C(=O)Nc4ccccn4)cc3[nH]2)cc1. The zero-order valence-corrected chi connectivity index (χ0v) is 14.1. The van der Waals surface area contributed by atoms with Gasteiger partial charge in [-0.1, -0.05) is 6.07 Å². The average molecular weight is 357 g/mol. The molecule has 0 aliphatic rings. The first kappa shape index (κ1) is 16.5. The lowest BCUT2D eigenvalue weighted by atomic mass is 10.2. The van der Waals surface area contributed by atoms with Crippen LogP contribution in [0, 0.1) is 0 Å². The highest BCUT2D eigenvalue weighted by Gasteiger charge is 2.11. The van der Waals surface area contributed by atoms with E-state index in [2.05, 4.69) is 25.6 Å². The van der Waals surface area contributed by atoms with Crippen molar-refractivity contribution in [2.75, 3.05) is 10.6 Å². The van der Waals surface area contributed by atoms with Gasteiger partial charge in [0.05, 0.1) is 11.0 Å². The van der Waals surface area contributed by atoms with E-state index in [-0.39, 0.29) is 5.91 Å². The number of pyridine rings is 1. The number of carbonyl (C=O) groups excluding carboxylic acids is 2. The van der Waals surface area contributed by atoms with E-state index >= 15 is 0 Å². The maximum Gasteiger partial charge on any atom is 0.256 e. The number of hydrogen-bond acceptors (Lipinski definition) is 4. The van der Waals surface area contributed by atoms with Gasteiger partial charge in [-0.3, -0.25) is 9.59 Å². The normalized spacial score (nSPS) is 10.5. The molecule has 27 heavy (non-hydrogen) atoms. The molecular weight excluding hydrogens is 342 g/mol. The molecule has 0 radical (unpaired) electrons. The van der Waals surface area contributed by atoms with Crippen LogP contribution in [-0.2, 0) is 4.79 Å². The highest BCUT2D eigenvalue weighted by Crippen LogP contribution is 2.23. The van der Waals surface area contributed by atoms with E-state index in [1.165, 1.54) is 0 Å². The number of carbonyl (C=O) groups is 2. The highest BCUT2D eigenvalue weighted by atomic mass is 16.1. The number of anilines is 2. The molecule has 2 aromatic carbocycles. The zero-order valence-electron chi connectivity index (χ0n) is 14.1.